The molecule has 0 saturated carbocycles. The van der Waals surface area contributed by atoms with E-state index in [1.165, 1.54) is 29.8 Å². The van der Waals surface area contributed by atoms with Crippen LogP contribution < -0.4 is 0 Å². The number of nitrogens with one attached hydrogen (secondary N) is 1. The van der Waals surface area contributed by atoms with E-state index in [1.807, 2.05) is 0 Å². The van der Waals surface area contributed by atoms with Gasteiger partial charge in [0.05, 0.1) is 24.0 Å². The molecule has 0 spiro atoms. The Balaban J connectivity index is 2.14. The van der Waals surface area contributed by atoms with Crippen molar-refractivity contribution in [2.24, 2.45) is 10.9 Å². The van der Waals surface area contributed by atoms with Crippen LogP contribution in [-0.2, 0) is 10.8 Å². The molecule has 0 aliphatic rings. The molecular formula is C16H17FN4O2S2. The quantitative estimate of drug-likeness (QED) is 0.562. The molecule has 0 radical (unpaired) electrons. The number of Topliss-reactive ketones (excluding diaryl/α,β-unsaturated/α-hetero) is 1. The molecule has 2 rings (SSSR count). The van der Waals surface area contributed by atoms with Crippen molar-refractivity contribution in [1.29, 1.82) is 5.41 Å². The van der Waals surface area contributed by atoms with E-state index in [1.54, 1.807) is 18.6 Å². The third-order valence-corrected chi connectivity index (χ3v) is 5.16. The Morgan fingerprint density at radius 1 is 1.52 bits per heavy atom. The Morgan fingerprint density at radius 2 is 2.28 bits per heavy atom. The highest BCUT2D eigenvalue weighted by Crippen LogP contribution is 2.21. The van der Waals surface area contributed by atoms with Crippen molar-refractivity contribution in [3.63, 3.8) is 0 Å². The minimum Gasteiger partial charge on any atom is -0.312 e. The van der Waals surface area contributed by atoms with Crippen molar-refractivity contribution >= 4 is 46.0 Å². The third kappa shape index (κ3) is 5.43. The summed E-state index contributed by atoms with van der Waals surface area (Å²) >= 11 is 1.25. The lowest BCUT2D eigenvalue weighted by Gasteiger charge is -2.06. The van der Waals surface area contributed by atoms with Crippen LogP contribution in [0.2, 0.25) is 0 Å². The van der Waals surface area contributed by atoms with Crippen LogP contribution >= 0.6 is 11.3 Å². The summed E-state index contributed by atoms with van der Waals surface area (Å²) in [6.07, 6.45) is 6.65. The number of hydrogen-bond donors (Lipinski definition) is 1. The van der Waals surface area contributed by atoms with E-state index in [0.29, 0.717) is 16.4 Å². The van der Waals surface area contributed by atoms with Crippen LogP contribution in [0, 0.1) is 17.1 Å². The molecule has 3 atom stereocenters. The summed E-state index contributed by atoms with van der Waals surface area (Å²) in [7, 11) is -1.06. The van der Waals surface area contributed by atoms with Crippen LogP contribution in [-0.4, -0.2) is 44.4 Å². The summed E-state index contributed by atoms with van der Waals surface area (Å²) in [5.74, 6) is -1.29. The molecule has 0 saturated heterocycles. The zero-order chi connectivity index (χ0) is 18.4. The van der Waals surface area contributed by atoms with Gasteiger partial charge in [0.15, 0.2) is 5.78 Å². The first-order valence-electron chi connectivity index (χ1n) is 7.35. The first kappa shape index (κ1) is 19.2. The standard InChI is InChI=1S/C16H17FN4O2S2/c1-10(9-25(2)23)15(22)14-8-24-16(21-14)11(4-18)5-20-13-3-12(17)6-19-7-13/h3-8,10-11,18H,9H2,1-2H3. The lowest BCUT2D eigenvalue weighted by molar-refractivity contribution is 0.0937. The van der Waals surface area contributed by atoms with Crippen LogP contribution in [0.15, 0.2) is 28.8 Å². The van der Waals surface area contributed by atoms with Gasteiger partial charge in [-0.25, -0.2) is 9.37 Å². The molecule has 0 amide bonds. The minimum atomic E-state index is -1.06. The van der Waals surface area contributed by atoms with Crippen molar-refractivity contribution in [3.8, 4) is 0 Å². The predicted molar refractivity (Wildman–Crippen MR) is 98.4 cm³/mol. The molecule has 9 heteroatoms. The Labute approximate surface area is 151 Å². The van der Waals surface area contributed by atoms with Crippen molar-refractivity contribution in [2.45, 2.75) is 12.8 Å². The third-order valence-electron chi connectivity index (χ3n) is 3.25. The molecule has 0 bridgehead atoms. The number of nitrogens with zero attached hydrogens (tertiary/aromatic N) is 3. The number of carbonyl (C=O) groups is 1. The van der Waals surface area contributed by atoms with Gasteiger partial charge in [0.1, 0.15) is 16.5 Å². The molecule has 2 aromatic rings. The SMILES string of the molecule is CC(CS(C)=O)C(=O)c1csc(C(C=N)C=Nc2cncc(F)c2)n1. The molecule has 1 N–H and O–H groups in total. The summed E-state index contributed by atoms with van der Waals surface area (Å²) in [4.78, 5) is 24.4. The van der Waals surface area contributed by atoms with Crippen LogP contribution in [0.1, 0.15) is 28.3 Å². The number of rotatable bonds is 8. The van der Waals surface area contributed by atoms with Crippen LogP contribution in [0.4, 0.5) is 10.1 Å². The summed E-state index contributed by atoms with van der Waals surface area (Å²) in [5.41, 5.74) is 0.629. The van der Waals surface area contributed by atoms with Gasteiger partial charge in [-0.1, -0.05) is 6.92 Å². The number of pyridine rings is 1. The maximum absolute atomic E-state index is 13.1. The number of ketones is 1. The molecular weight excluding hydrogens is 363 g/mol. The highest BCUT2D eigenvalue weighted by Gasteiger charge is 2.21. The summed E-state index contributed by atoms with van der Waals surface area (Å²) in [6, 6.07) is 1.23. The van der Waals surface area contributed by atoms with Crippen LogP contribution in [0.5, 0.6) is 0 Å². The van der Waals surface area contributed by atoms with Gasteiger partial charge in [-0.2, -0.15) is 0 Å². The topological polar surface area (TPSA) is 96.1 Å². The maximum Gasteiger partial charge on any atom is 0.185 e. The zero-order valence-electron chi connectivity index (χ0n) is 13.7. The molecule has 2 heterocycles. The van der Waals surface area contributed by atoms with E-state index in [2.05, 4.69) is 15.0 Å². The van der Waals surface area contributed by atoms with E-state index in [4.69, 9.17) is 5.41 Å². The molecule has 3 unspecified atom stereocenters. The van der Waals surface area contributed by atoms with Crippen molar-refractivity contribution in [1.82, 2.24) is 9.97 Å². The lowest BCUT2D eigenvalue weighted by atomic mass is 10.1. The number of aromatic nitrogens is 2. The molecule has 0 fully saturated rings. The molecule has 0 aromatic carbocycles. The number of carbonyl (C=O) groups excluding carboxylic acids is 1. The normalized spacial score (nSPS) is 15.0. The fourth-order valence-corrected chi connectivity index (χ4v) is 3.74. The first-order chi connectivity index (χ1) is 11.9. The van der Waals surface area contributed by atoms with Gasteiger partial charge >= 0.3 is 0 Å². The van der Waals surface area contributed by atoms with Gasteiger partial charge in [0.25, 0.3) is 0 Å². The highest BCUT2D eigenvalue weighted by atomic mass is 32.2. The second kappa shape index (κ2) is 8.82. The molecule has 6 nitrogen and oxygen atoms in total. The monoisotopic (exact) mass is 380 g/mol. The molecule has 2 aromatic heterocycles. The van der Waals surface area contributed by atoms with E-state index in [9.17, 15) is 13.4 Å². The predicted octanol–water partition coefficient (Wildman–Crippen LogP) is 3.01. The van der Waals surface area contributed by atoms with Gasteiger partial charge in [0, 0.05) is 52.6 Å². The fourth-order valence-electron chi connectivity index (χ4n) is 2.05. The zero-order valence-corrected chi connectivity index (χ0v) is 15.3. The summed E-state index contributed by atoms with van der Waals surface area (Å²) in [5, 5.41) is 9.70. The molecule has 25 heavy (non-hydrogen) atoms. The van der Waals surface area contributed by atoms with Crippen LogP contribution in [0.3, 0.4) is 0 Å². The average molecular weight is 380 g/mol. The fraction of sp³-hybridized carbons (Fsp3) is 0.312. The van der Waals surface area contributed by atoms with Crippen molar-refractivity contribution in [2.75, 3.05) is 12.0 Å². The Kier molecular flexibility index (Phi) is 6.77. The second-order valence-corrected chi connectivity index (χ2v) is 7.78. The Hall–Kier alpha value is -2.13. The number of aliphatic imine (C=N–C) groups is 1. The van der Waals surface area contributed by atoms with Crippen LogP contribution in [0.25, 0.3) is 0 Å². The molecule has 0 aliphatic heterocycles. The van der Waals surface area contributed by atoms with Crippen molar-refractivity contribution < 1.29 is 13.4 Å². The van der Waals surface area contributed by atoms with E-state index in [-0.39, 0.29) is 17.5 Å². The van der Waals surface area contributed by atoms with E-state index >= 15 is 0 Å². The highest BCUT2D eigenvalue weighted by molar-refractivity contribution is 7.84. The van der Waals surface area contributed by atoms with Gasteiger partial charge < -0.3 is 5.41 Å². The second-order valence-electron chi connectivity index (χ2n) is 5.41. The van der Waals surface area contributed by atoms with Gasteiger partial charge in [-0.05, 0) is 0 Å². The number of hydrogen-bond acceptors (Lipinski definition) is 7. The Bertz CT molecular complexity index is 822. The smallest absolute Gasteiger partial charge is 0.185 e. The number of thiazole rings is 1. The van der Waals surface area contributed by atoms with Gasteiger partial charge in [-0.3, -0.25) is 19.0 Å². The summed E-state index contributed by atoms with van der Waals surface area (Å²) < 4.78 is 24.4. The average Bonchev–Trinajstić information content (AvgIpc) is 3.04. The minimum absolute atomic E-state index is 0.173. The van der Waals surface area contributed by atoms with Gasteiger partial charge in [0.2, 0.25) is 0 Å². The molecule has 132 valence electrons. The maximum atomic E-state index is 13.1. The summed E-state index contributed by atoms with van der Waals surface area (Å²) in [6.45, 7) is 1.72. The Morgan fingerprint density at radius 3 is 2.92 bits per heavy atom. The van der Waals surface area contributed by atoms with Crippen molar-refractivity contribution in [3.05, 3.63) is 40.4 Å². The van der Waals surface area contributed by atoms with Gasteiger partial charge in [-0.15, -0.1) is 11.3 Å². The first-order valence-corrected chi connectivity index (χ1v) is 9.96. The number of halogens is 1. The van der Waals surface area contributed by atoms with E-state index < -0.39 is 22.5 Å². The largest absolute Gasteiger partial charge is 0.312 e. The van der Waals surface area contributed by atoms with E-state index in [0.717, 1.165) is 12.4 Å². The molecule has 0 aliphatic carbocycles. The lowest BCUT2D eigenvalue weighted by Crippen LogP contribution is -2.18.